The van der Waals surface area contributed by atoms with E-state index in [1.54, 1.807) is 6.07 Å². The third-order valence-corrected chi connectivity index (χ3v) is 3.29. The van der Waals surface area contributed by atoms with Crippen LogP contribution in [0.25, 0.3) is 10.8 Å². The Morgan fingerprint density at radius 2 is 1.81 bits per heavy atom. The van der Waals surface area contributed by atoms with Gasteiger partial charge in [-0.15, -0.1) is 0 Å². The number of phenolic OH excluding ortho intramolecular Hbond substituents is 1. The first kappa shape index (κ1) is 9.52. The van der Waals surface area contributed by atoms with E-state index >= 15 is 0 Å². The first-order valence-corrected chi connectivity index (χ1v) is 5.81. The van der Waals surface area contributed by atoms with Gasteiger partial charge in [-0.25, -0.2) is 0 Å². The van der Waals surface area contributed by atoms with Gasteiger partial charge in [0.1, 0.15) is 5.75 Å². The molecule has 0 radical (unpaired) electrons. The maximum atomic E-state index is 9.47. The Morgan fingerprint density at radius 3 is 2.62 bits per heavy atom. The first-order chi connectivity index (χ1) is 7.84. The van der Waals surface area contributed by atoms with Crippen LogP contribution < -0.4 is 4.90 Å². The quantitative estimate of drug-likeness (QED) is 0.786. The third-order valence-electron chi connectivity index (χ3n) is 3.29. The Kier molecular flexibility index (Phi) is 2.21. The van der Waals surface area contributed by atoms with E-state index in [1.807, 2.05) is 12.1 Å². The molecule has 0 aliphatic carbocycles. The number of fused-ring (bicyclic) bond motifs is 1. The fourth-order valence-electron chi connectivity index (χ4n) is 2.49. The van der Waals surface area contributed by atoms with Gasteiger partial charge in [0.2, 0.25) is 0 Å². The van der Waals surface area contributed by atoms with Crippen molar-refractivity contribution in [1.82, 2.24) is 0 Å². The molecular weight excluding hydrogens is 198 g/mol. The zero-order valence-corrected chi connectivity index (χ0v) is 9.19. The molecule has 1 saturated heterocycles. The lowest BCUT2D eigenvalue weighted by molar-refractivity contribution is 0.476. The van der Waals surface area contributed by atoms with Crippen LogP contribution >= 0.6 is 0 Å². The van der Waals surface area contributed by atoms with Crippen LogP contribution in [0.15, 0.2) is 36.4 Å². The van der Waals surface area contributed by atoms with Gasteiger partial charge in [0, 0.05) is 24.2 Å². The molecule has 2 nitrogen and oxygen atoms in total. The van der Waals surface area contributed by atoms with Crippen LogP contribution in [0.1, 0.15) is 12.8 Å². The Bertz CT molecular complexity index is 515. The van der Waals surface area contributed by atoms with E-state index in [9.17, 15) is 5.11 Å². The highest BCUT2D eigenvalue weighted by atomic mass is 16.3. The van der Waals surface area contributed by atoms with Crippen molar-refractivity contribution in [2.75, 3.05) is 18.0 Å². The van der Waals surface area contributed by atoms with Crippen molar-refractivity contribution in [2.45, 2.75) is 12.8 Å². The molecule has 1 heterocycles. The number of aromatic hydroxyl groups is 1. The highest BCUT2D eigenvalue weighted by Crippen LogP contribution is 2.31. The lowest BCUT2D eigenvalue weighted by Gasteiger charge is -2.19. The minimum atomic E-state index is 0.339. The fourth-order valence-corrected chi connectivity index (χ4v) is 2.49. The van der Waals surface area contributed by atoms with Crippen molar-refractivity contribution in [3.63, 3.8) is 0 Å². The molecule has 16 heavy (non-hydrogen) atoms. The lowest BCUT2D eigenvalue weighted by Crippen LogP contribution is -2.17. The predicted molar refractivity (Wildman–Crippen MR) is 67.1 cm³/mol. The lowest BCUT2D eigenvalue weighted by atomic mass is 10.1. The first-order valence-electron chi connectivity index (χ1n) is 5.81. The summed E-state index contributed by atoms with van der Waals surface area (Å²) < 4.78 is 0. The van der Waals surface area contributed by atoms with Gasteiger partial charge in [-0.05, 0) is 42.5 Å². The highest BCUT2D eigenvalue weighted by Gasteiger charge is 2.14. The molecule has 1 N–H and O–H groups in total. The van der Waals surface area contributed by atoms with Crippen molar-refractivity contribution in [2.24, 2.45) is 0 Å². The minimum absolute atomic E-state index is 0.339. The standard InChI is InChI=1S/C14H15NO/c16-12-6-7-13-11(10-12)4-3-5-14(13)15-8-1-2-9-15/h3-7,10,16H,1-2,8-9H2. The van der Waals surface area contributed by atoms with E-state index in [0.717, 1.165) is 18.5 Å². The molecule has 0 saturated carbocycles. The largest absolute Gasteiger partial charge is 0.508 e. The van der Waals surface area contributed by atoms with E-state index in [1.165, 1.54) is 23.9 Å². The molecule has 1 fully saturated rings. The Hall–Kier alpha value is -1.70. The highest BCUT2D eigenvalue weighted by molar-refractivity contribution is 5.95. The second-order valence-electron chi connectivity index (χ2n) is 4.38. The molecule has 0 spiro atoms. The van der Waals surface area contributed by atoms with Gasteiger partial charge in [-0.3, -0.25) is 0 Å². The summed E-state index contributed by atoms with van der Waals surface area (Å²) in [5.74, 6) is 0.339. The monoisotopic (exact) mass is 213 g/mol. The smallest absolute Gasteiger partial charge is 0.116 e. The number of anilines is 1. The number of nitrogens with zero attached hydrogens (tertiary/aromatic N) is 1. The summed E-state index contributed by atoms with van der Waals surface area (Å²) >= 11 is 0. The van der Waals surface area contributed by atoms with Crippen LogP contribution in [0.5, 0.6) is 5.75 Å². The molecule has 0 amide bonds. The third kappa shape index (κ3) is 1.51. The number of hydrogen-bond donors (Lipinski definition) is 1. The zero-order valence-electron chi connectivity index (χ0n) is 9.19. The maximum absolute atomic E-state index is 9.47. The van der Waals surface area contributed by atoms with Crippen molar-refractivity contribution < 1.29 is 5.11 Å². The molecule has 3 rings (SSSR count). The van der Waals surface area contributed by atoms with E-state index in [-0.39, 0.29) is 0 Å². The molecule has 0 atom stereocenters. The van der Waals surface area contributed by atoms with E-state index in [4.69, 9.17) is 0 Å². The van der Waals surface area contributed by atoms with Gasteiger partial charge in [-0.1, -0.05) is 12.1 Å². The number of hydrogen-bond acceptors (Lipinski definition) is 2. The second kappa shape index (κ2) is 3.71. The van der Waals surface area contributed by atoms with Crippen LogP contribution in [0.4, 0.5) is 5.69 Å². The molecule has 2 heteroatoms. The normalized spacial score (nSPS) is 15.9. The van der Waals surface area contributed by atoms with Crippen LogP contribution in [0, 0.1) is 0 Å². The van der Waals surface area contributed by atoms with Crippen molar-refractivity contribution in [3.05, 3.63) is 36.4 Å². The SMILES string of the molecule is Oc1ccc2c(N3CCCC3)cccc2c1. The Labute approximate surface area is 95.1 Å². The molecule has 0 unspecified atom stereocenters. The van der Waals surface area contributed by atoms with Gasteiger partial charge in [-0.2, -0.15) is 0 Å². The average molecular weight is 213 g/mol. The van der Waals surface area contributed by atoms with Gasteiger partial charge >= 0.3 is 0 Å². The summed E-state index contributed by atoms with van der Waals surface area (Å²) in [7, 11) is 0. The van der Waals surface area contributed by atoms with Crippen LogP contribution in [-0.2, 0) is 0 Å². The topological polar surface area (TPSA) is 23.5 Å². The molecule has 1 aliphatic rings. The van der Waals surface area contributed by atoms with E-state index < -0.39 is 0 Å². The number of phenols is 1. The van der Waals surface area contributed by atoms with Crippen LogP contribution in [0.3, 0.4) is 0 Å². The Balaban J connectivity index is 2.16. The number of benzene rings is 2. The van der Waals surface area contributed by atoms with Gasteiger partial charge < -0.3 is 10.0 Å². The number of rotatable bonds is 1. The molecule has 2 aromatic rings. The second-order valence-corrected chi connectivity index (χ2v) is 4.38. The van der Waals surface area contributed by atoms with Crippen LogP contribution in [-0.4, -0.2) is 18.2 Å². The summed E-state index contributed by atoms with van der Waals surface area (Å²) in [5, 5.41) is 11.8. The average Bonchev–Trinajstić information content (AvgIpc) is 2.81. The molecule has 82 valence electrons. The van der Waals surface area contributed by atoms with Crippen LogP contribution in [0.2, 0.25) is 0 Å². The van der Waals surface area contributed by atoms with Gasteiger partial charge in [0.25, 0.3) is 0 Å². The molecule has 0 bridgehead atoms. The molecule has 0 aromatic heterocycles. The Morgan fingerprint density at radius 1 is 1.00 bits per heavy atom. The zero-order chi connectivity index (χ0) is 11.0. The van der Waals surface area contributed by atoms with E-state index in [2.05, 4.69) is 23.1 Å². The predicted octanol–water partition coefficient (Wildman–Crippen LogP) is 3.15. The molecular formula is C14H15NO. The summed E-state index contributed by atoms with van der Waals surface area (Å²) in [6.07, 6.45) is 2.57. The summed E-state index contributed by atoms with van der Waals surface area (Å²) in [6.45, 7) is 2.31. The maximum Gasteiger partial charge on any atom is 0.116 e. The summed E-state index contributed by atoms with van der Waals surface area (Å²) in [6, 6.07) is 11.9. The van der Waals surface area contributed by atoms with Crippen molar-refractivity contribution >= 4 is 16.5 Å². The summed E-state index contributed by atoms with van der Waals surface area (Å²) in [4.78, 5) is 2.43. The van der Waals surface area contributed by atoms with Crippen molar-refractivity contribution in [1.29, 1.82) is 0 Å². The van der Waals surface area contributed by atoms with Gasteiger partial charge in [0.15, 0.2) is 0 Å². The minimum Gasteiger partial charge on any atom is -0.508 e. The summed E-state index contributed by atoms with van der Waals surface area (Å²) in [5.41, 5.74) is 1.30. The van der Waals surface area contributed by atoms with Gasteiger partial charge in [0.05, 0.1) is 0 Å². The molecule has 2 aromatic carbocycles. The fraction of sp³-hybridized carbons (Fsp3) is 0.286. The van der Waals surface area contributed by atoms with Crippen molar-refractivity contribution in [3.8, 4) is 5.75 Å². The molecule has 1 aliphatic heterocycles. The van der Waals surface area contributed by atoms with E-state index in [0.29, 0.717) is 5.75 Å².